The molecule has 3 aromatic carbocycles. The third-order valence-corrected chi connectivity index (χ3v) is 7.26. The average molecular weight is 517 g/mol. The van der Waals surface area contributed by atoms with Crippen molar-refractivity contribution in [2.75, 3.05) is 19.0 Å². The molecule has 1 heterocycles. The van der Waals surface area contributed by atoms with Crippen LogP contribution in [0.25, 0.3) is 0 Å². The van der Waals surface area contributed by atoms with Crippen molar-refractivity contribution in [1.29, 1.82) is 0 Å². The van der Waals surface area contributed by atoms with Gasteiger partial charge in [0.05, 0.1) is 29.9 Å². The third-order valence-electron chi connectivity index (χ3n) is 6.67. The van der Waals surface area contributed by atoms with E-state index in [-0.39, 0.29) is 0 Å². The summed E-state index contributed by atoms with van der Waals surface area (Å²) < 4.78 is 12.0. The molecular formula is C29H29BrN2O2. The number of benzene rings is 3. The van der Waals surface area contributed by atoms with Crippen molar-refractivity contribution in [1.82, 2.24) is 0 Å². The normalized spacial score (nSPS) is 20.6. The van der Waals surface area contributed by atoms with Gasteiger partial charge in [-0.2, -0.15) is 0 Å². The zero-order valence-electron chi connectivity index (χ0n) is 19.7. The Morgan fingerprint density at radius 1 is 1.12 bits per heavy atom. The predicted molar refractivity (Wildman–Crippen MR) is 143 cm³/mol. The highest BCUT2D eigenvalue weighted by molar-refractivity contribution is 9.10. The summed E-state index contributed by atoms with van der Waals surface area (Å²) in [7, 11) is 1.64. The second kappa shape index (κ2) is 9.67. The lowest BCUT2D eigenvalue weighted by atomic mass is 9.76. The minimum absolute atomic E-state index is 0.291. The Kier molecular flexibility index (Phi) is 6.46. The SMILES string of the molecule is CCOc1cc(C=Nc2ccc([C@@H]3Nc4ccc(C)cc4[C@H]4C=CC[C@H]43)cc2)cc(Br)c1OC. The Morgan fingerprint density at radius 2 is 1.94 bits per heavy atom. The van der Waals surface area contributed by atoms with Gasteiger partial charge in [0.15, 0.2) is 11.5 Å². The van der Waals surface area contributed by atoms with Crippen LogP contribution in [0.2, 0.25) is 0 Å². The molecule has 0 fully saturated rings. The van der Waals surface area contributed by atoms with Crippen LogP contribution in [-0.4, -0.2) is 19.9 Å². The van der Waals surface area contributed by atoms with E-state index < -0.39 is 0 Å². The maximum atomic E-state index is 5.72. The second-order valence-corrected chi connectivity index (χ2v) is 9.74. The van der Waals surface area contributed by atoms with Crippen LogP contribution in [0.1, 0.15) is 47.6 Å². The number of aliphatic imine (C=N–C) groups is 1. The summed E-state index contributed by atoms with van der Waals surface area (Å²) in [5.74, 6) is 2.42. The number of nitrogens with zero attached hydrogens (tertiary/aromatic N) is 1. The molecular weight excluding hydrogens is 488 g/mol. The van der Waals surface area contributed by atoms with Gasteiger partial charge in [0, 0.05) is 17.8 Å². The highest BCUT2D eigenvalue weighted by atomic mass is 79.9. The number of ether oxygens (including phenoxy) is 2. The molecule has 1 aliphatic carbocycles. The molecule has 0 unspecified atom stereocenters. The van der Waals surface area contributed by atoms with Gasteiger partial charge in [-0.15, -0.1) is 0 Å². The van der Waals surface area contributed by atoms with Gasteiger partial charge in [0.25, 0.3) is 0 Å². The first-order chi connectivity index (χ1) is 16.6. The Hall–Kier alpha value is -3.05. The van der Waals surface area contributed by atoms with E-state index in [1.807, 2.05) is 25.3 Å². The number of halogens is 1. The maximum absolute atomic E-state index is 5.72. The molecule has 0 amide bonds. The van der Waals surface area contributed by atoms with Gasteiger partial charge in [-0.3, -0.25) is 4.99 Å². The molecule has 174 valence electrons. The van der Waals surface area contributed by atoms with Crippen molar-refractivity contribution in [3.05, 3.63) is 93.5 Å². The molecule has 1 aliphatic heterocycles. The monoisotopic (exact) mass is 516 g/mol. The number of hydrogen-bond donors (Lipinski definition) is 1. The lowest BCUT2D eigenvalue weighted by Crippen LogP contribution is -2.29. The van der Waals surface area contributed by atoms with E-state index in [4.69, 9.17) is 14.5 Å². The number of fused-ring (bicyclic) bond motifs is 3. The molecule has 0 spiro atoms. The fraction of sp³-hybridized carbons (Fsp3) is 0.276. The van der Waals surface area contributed by atoms with Gasteiger partial charge >= 0.3 is 0 Å². The van der Waals surface area contributed by atoms with E-state index in [1.54, 1.807) is 7.11 Å². The minimum atomic E-state index is 0.291. The fourth-order valence-corrected chi connectivity index (χ4v) is 5.71. The first kappa shape index (κ1) is 22.7. The van der Waals surface area contributed by atoms with Crippen LogP contribution in [0.5, 0.6) is 11.5 Å². The van der Waals surface area contributed by atoms with Gasteiger partial charge < -0.3 is 14.8 Å². The first-order valence-electron chi connectivity index (χ1n) is 11.8. The molecule has 2 aliphatic rings. The summed E-state index contributed by atoms with van der Waals surface area (Å²) in [6.45, 7) is 4.70. The largest absolute Gasteiger partial charge is 0.492 e. The van der Waals surface area contributed by atoms with Gasteiger partial charge in [0.1, 0.15) is 0 Å². The lowest BCUT2D eigenvalue weighted by Gasteiger charge is -2.37. The average Bonchev–Trinajstić information content (AvgIpc) is 3.33. The molecule has 5 heteroatoms. The van der Waals surface area contributed by atoms with Gasteiger partial charge in [-0.1, -0.05) is 42.0 Å². The van der Waals surface area contributed by atoms with E-state index in [1.165, 1.54) is 22.4 Å². The van der Waals surface area contributed by atoms with E-state index in [0.717, 1.165) is 22.1 Å². The number of hydrogen-bond acceptors (Lipinski definition) is 4. The summed E-state index contributed by atoms with van der Waals surface area (Å²) >= 11 is 3.57. The van der Waals surface area contributed by atoms with E-state index in [0.29, 0.717) is 36.0 Å². The van der Waals surface area contributed by atoms with Crippen molar-refractivity contribution in [3.8, 4) is 11.5 Å². The Morgan fingerprint density at radius 3 is 2.71 bits per heavy atom. The fourth-order valence-electron chi connectivity index (χ4n) is 5.08. The molecule has 0 radical (unpaired) electrons. The zero-order chi connectivity index (χ0) is 23.7. The summed E-state index contributed by atoms with van der Waals surface area (Å²) in [5.41, 5.74) is 7.16. The van der Waals surface area contributed by atoms with Crippen molar-refractivity contribution in [2.24, 2.45) is 10.9 Å². The molecule has 34 heavy (non-hydrogen) atoms. The van der Waals surface area contributed by atoms with Crippen molar-refractivity contribution < 1.29 is 9.47 Å². The Balaban J connectivity index is 1.36. The van der Waals surface area contributed by atoms with Crippen LogP contribution >= 0.6 is 15.9 Å². The molecule has 0 aromatic heterocycles. The highest BCUT2D eigenvalue weighted by Gasteiger charge is 2.37. The third kappa shape index (κ3) is 4.37. The summed E-state index contributed by atoms with van der Waals surface area (Å²) in [4.78, 5) is 4.70. The van der Waals surface area contributed by atoms with Gasteiger partial charge in [-0.25, -0.2) is 0 Å². The Bertz CT molecular complexity index is 1250. The summed E-state index contributed by atoms with van der Waals surface area (Å²) in [5, 5.41) is 3.82. The molecule has 0 saturated heterocycles. The number of methoxy groups -OCH3 is 1. The minimum Gasteiger partial charge on any atom is -0.492 e. The van der Waals surface area contributed by atoms with E-state index in [9.17, 15) is 0 Å². The van der Waals surface area contributed by atoms with Crippen LogP contribution < -0.4 is 14.8 Å². The molecule has 0 bridgehead atoms. The molecule has 3 aromatic rings. The molecule has 1 N–H and O–H groups in total. The topological polar surface area (TPSA) is 42.8 Å². The van der Waals surface area contributed by atoms with Crippen molar-refractivity contribution >= 4 is 33.5 Å². The second-order valence-electron chi connectivity index (χ2n) is 8.88. The summed E-state index contributed by atoms with van der Waals surface area (Å²) in [6, 6.07) is 19.6. The summed E-state index contributed by atoms with van der Waals surface area (Å²) in [6.07, 6.45) is 7.68. The highest BCUT2D eigenvalue weighted by Crippen LogP contribution is 2.50. The van der Waals surface area contributed by atoms with E-state index >= 15 is 0 Å². The van der Waals surface area contributed by atoms with Crippen LogP contribution in [-0.2, 0) is 0 Å². The molecule has 4 nitrogen and oxygen atoms in total. The van der Waals surface area contributed by atoms with Gasteiger partial charge in [0.2, 0.25) is 0 Å². The standard InChI is InChI=1S/C29H29BrN2O2/c1-4-34-27-16-19(15-25(30)29(27)33-3)17-31-21-11-9-20(10-12-21)28-23-7-5-6-22(23)24-14-18(2)8-13-26(24)32-28/h5-6,8-17,22-23,28,32H,4,7H2,1-3H3/t22-,23+,28-/m0/s1. The van der Waals surface area contributed by atoms with E-state index in [2.05, 4.69) is 82.8 Å². The van der Waals surface area contributed by atoms with Gasteiger partial charge in [-0.05, 0) is 89.1 Å². The molecule has 0 saturated carbocycles. The quantitative estimate of drug-likeness (QED) is 0.269. The predicted octanol–water partition coefficient (Wildman–Crippen LogP) is 7.74. The van der Waals surface area contributed by atoms with Crippen LogP contribution in [0.3, 0.4) is 0 Å². The number of rotatable bonds is 6. The van der Waals surface area contributed by atoms with Crippen LogP contribution in [0.15, 0.2) is 76.2 Å². The van der Waals surface area contributed by atoms with Crippen molar-refractivity contribution in [2.45, 2.75) is 32.2 Å². The van der Waals surface area contributed by atoms with Crippen LogP contribution in [0, 0.1) is 12.8 Å². The zero-order valence-corrected chi connectivity index (χ0v) is 21.3. The number of anilines is 1. The van der Waals surface area contributed by atoms with Crippen molar-refractivity contribution in [3.63, 3.8) is 0 Å². The molecule has 5 rings (SSSR count). The number of allylic oxidation sites excluding steroid dienone is 2. The first-order valence-corrected chi connectivity index (χ1v) is 12.5. The van der Waals surface area contributed by atoms with Crippen LogP contribution in [0.4, 0.5) is 11.4 Å². The lowest BCUT2D eigenvalue weighted by molar-refractivity contribution is 0.310. The molecule has 3 atom stereocenters. The smallest absolute Gasteiger partial charge is 0.174 e. The Labute approximate surface area is 209 Å². The number of aryl methyl sites for hydroxylation is 1. The number of nitrogens with one attached hydrogen (secondary N) is 1. The maximum Gasteiger partial charge on any atom is 0.174 e.